The Labute approximate surface area is 145 Å². The zero-order valence-corrected chi connectivity index (χ0v) is 13.9. The number of anilines is 1. The number of para-hydroxylation sites is 1. The summed E-state index contributed by atoms with van der Waals surface area (Å²) in [5, 5.41) is 11.6. The Kier molecular flexibility index (Phi) is 3.93. The number of carbonyl (C=O) groups excluding carboxylic acids is 1. The second-order valence-electron chi connectivity index (χ2n) is 6.20. The molecule has 1 aromatic heterocycles. The number of ether oxygens (including phenoxy) is 1. The van der Waals surface area contributed by atoms with Crippen LogP contribution < -0.4 is 9.64 Å². The van der Waals surface area contributed by atoms with Crippen molar-refractivity contribution in [1.82, 2.24) is 0 Å². The van der Waals surface area contributed by atoms with Gasteiger partial charge in [0.15, 0.2) is 0 Å². The number of carbonyl (C=O) groups is 1. The number of hydrogen-bond donors (Lipinski definition) is 1. The molecule has 4 rings (SSSR count). The highest BCUT2D eigenvalue weighted by molar-refractivity contribution is 5.95. The van der Waals surface area contributed by atoms with Gasteiger partial charge in [0.25, 0.3) is 0 Å². The predicted octanol–water partition coefficient (Wildman–Crippen LogP) is 3.67. The quantitative estimate of drug-likeness (QED) is 0.792. The van der Waals surface area contributed by atoms with E-state index in [1.807, 2.05) is 42.5 Å². The number of furan rings is 1. The summed E-state index contributed by atoms with van der Waals surface area (Å²) in [6.07, 6.45) is 0.0530. The Bertz CT molecular complexity index is 866. The highest BCUT2D eigenvalue weighted by Crippen LogP contribution is 2.38. The molecule has 0 spiro atoms. The summed E-state index contributed by atoms with van der Waals surface area (Å²) in [6, 6.07) is 16.3. The van der Waals surface area contributed by atoms with Gasteiger partial charge in [-0.05, 0) is 42.8 Å². The van der Waals surface area contributed by atoms with E-state index in [0.717, 1.165) is 16.7 Å². The van der Waals surface area contributed by atoms with Crippen LogP contribution in [0.3, 0.4) is 0 Å². The van der Waals surface area contributed by atoms with E-state index >= 15 is 0 Å². The van der Waals surface area contributed by atoms with Gasteiger partial charge in [0.2, 0.25) is 5.91 Å². The van der Waals surface area contributed by atoms with E-state index in [2.05, 4.69) is 0 Å². The van der Waals surface area contributed by atoms with Gasteiger partial charge in [-0.15, -0.1) is 0 Å². The summed E-state index contributed by atoms with van der Waals surface area (Å²) in [5.74, 6) is 1.28. The zero-order valence-electron chi connectivity index (χ0n) is 13.9. The van der Waals surface area contributed by atoms with Crippen LogP contribution in [-0.2, 0) is 4.79 Å². The molecule has 1 amide bonds. The topological polar surface area (TPSA) is 62.9 Å². The molecule has 1 N–H and O–H groups in total. The van der Waals surface area contributed by atoms with Crippen molar-refractivity contribution in [3.05, 3.63) is 60.4 Å². The first kappa shape index (κ1) is 15.7. The lowest BCUT2D eigenvalue weighted by Crippen LogP contribution is -2.45. The van der Waals surface area contributed by atoms with Gasteiger partial charge < -0.3 is 14.3 Å². The molecule has 0 aliphatic carbocycles. The largest absolute Gasteiger partial charge is 0.497 e. The molecule has 5 heteroatoms. The minimum absolute atomic E-state index is 0.0269. The van der Waals surface area contributed by atoms with Crippen molar-refractivity contribution in [3.8, 4) is 5.75 Å². The molecule has 1 aliphatic heterocycles. The lowest BCUT2D eigenvalue weighted by molar-refractivity contribution is -0.122. The molecule has 2 aromatic carbocycles. The number of rotatable bonds is 3. The normalized spacial score (nSPS) is 20.9. The lowest BCUT2D eigenvalue weighted by Gasteiger charge is -2.37. The number of methoxy groups -OCH3 is 1. The van der Waals surface area contributed by atoms with E-state index in [0.29, 0.717) is 24.4 Å². The molecular formula is C20H19NO4. The third kappa shape index (κ3) is 2.76. The minimum Gasteiger partial charge on any atom is -0.497 e. The van der Waals surface area contributed by atoms with E-state index in [1.54, 1.807) is 24.1 Å². The minimum atomic E-state index is -0.680. The average molecular weight is 337 g/mol. The van der Waals surface area contributed by atoms with Crippen LogP contribution in [-0.4, -0.2) is 24.2 Å². The number of hydrogen-bond acceptors (Lipinski definition) is 4. The maximum absolute atomic E-state index is 12.6. The van der Waals surface area contributed by atoms with E-state index in [1.165, 1.54) is 0 Å². The molecule has 5 nitrogen and oxygen atoms in total. The molecule has 1 aliphatic rings. The van der Waals surface area contributed by atoms with Gasteiger partial charge in [-0.2, -0.15) is 0 Å². The van der Waals surface area contributed by atoms with Crippen molar-refractivity contribution in [2.75, 3.05) is 12.0 Å². The van der Waals surface area contributed by atoms with E-state index in [9.17, 15) is 9.90 Å². The third-order valence-electron chi connectivity index (χ3n) is 4.65. The van der Waals surface area contributed by atoms with Crippen molar-refractivity contribution in [1.29, 1.82) is 0 Å². The number of nitrogens with zero attached hydrogens (tertiary/aromatic N) is 1. The molecule has 1 saturated heterocycles. The monoisotopic (exact) mass is 337 g/mol. The molecule has 2 atom stereocenters. The van der Waals surface area contributed by atoms with Crippen LogP contribution in [0.5, 0.6) is 5.75 Å². The first-order valence-corrected chi connectivity index (χ1v) is 8.30. The molecule has 1 fully saturated rings. The maximum atomic E-state index is 12.6. The molecule has 128 valence electrons. The fraction of sp³-hybridized carbons (Fsp3) is 0.250. The zero-order chi connectivity index (χ0) is 17.4. The van der Waals surface area contributed by atoms with Crippen LogP contribution in [0.2, 0.25) is 0 Å². The van der Waals surface area contributed by atoms with E-state index in [-0.39, 0.29) is 5.91 Å². The number of aliphatic hydroxyl groups excluding tert-OH is 1. The highest BCUT2D eigenvalue weighted by atomic mass is 16.5. The second kappa shape index (κ2) is 6.26. The SMILES string of the molecule is COc1ccc(N2C(=O)CC[C@H](O)[C@@H]2c2cc3ccccc3o2)cc1. The summed E-state index contributed by atoms with van der Waals surface area (Å²) in [6.45, 7) is 0. The average Bonchev–Trinajstić information content (AvgIpc) is 3.07. The van der Waals surface area contributed by atoms with Gasteiger partial charge >= 0.3 is 0 Å². The van der Waals surface area contributed by atoms with Gasteiger partial charge in [0.05, 0.1) is 13.2 Å². The first-order valence-electron chi connectivity index (χ1n) is 8.30. The Balaban J connectivity index is 1.78. The van der Waals surface area contributed by atoms with Gasteiger partial charge in [0, 0.05) is 17.5 Å². The molecule has 0 bridgehead atoms. The number of fused-ring (bicyclic) bond motifs is 1. The fourth-order valence-corrected chi connectivity index (χ4v) is 3.39. The Morgan fingerprint density at radius 3 is 2.64 bits per heavy atom. The lowest BCUT2D eigenvalue weighted by atomic mass is 9.95. The fourth-order valence-electron chi connectivity index (χ4n) is 3.39. The number of benzene rings is 2. The molecule has 0 saturated carbocycles. The van der Waals surface area contributed by atoms with E-state index in [4.69, 9.17) is 9.15 Å². The van der Waals surface area contributed by atoms with Crippen LogP contribution in [0.25, 0.3) is 11.0 Å². The Morgan fingerprint density at radius 1 is 1.16 bits per heavy atom. The molecule has 3 aromatic rings. The van der Waals surface area contributed by atoms with E-state index < -0.39 is 12.1 Å². The van der Waals surface area contributed by atoms with Gasteiger partial charge in [0.1, 0.15) is 23.1 Å². The molecular weight excluding hydrogens is 318 g/mol. The van der Waals surface area contributed by atoms with Crippen LogP contribution in [0, 0.1) is 0 Å². The van der Waals surface area contributed by atoms with Crippen molar-refractivity contribution in [3.63, 3.8) is 0 Å². The van der Waals surface area contributed by atoms with Crippen molar-refractivity contribution in [2.45, 2.75) is 25.0 Å². The molecule has 2 heterocycles. The Morgan fingerprint density at radius 2 is 1.92 bits per heavy atom. The van der Waals surface area contributed by atoms with Gasteiger partial charge in [-0.25, -0.2) is 0 Å². The van der Waals surface area contributed by atoms with Crippen molar-refractivity contribution >= 4 is 22.6 Å². The third-order valence-corrected chi connectivity index (χ3v) is 4.65. The first-order chi connectivity index (χ1) is 12.2. The van der Waals surface area contributed by atoms with Gasteiger partial charge in [-0.1, -0.05) is 18.2 Å². The number of amides is 1. The van der Waals surface area contributed by atoms with Crippen molar-refractivity contribution in [2.24, 2.45) is 0 Å². The summed E-state index contributed by atoms with van der Waals surface area (Å²) in [5.41, 5.74) is 1.47. The predicted molar refractivity (Wildman–Crippen MR) is 94.7 cm³/mol. The summed E-state index contributed by atoms with van der Waals surface area (Å²) < 4.78 is 11.1. The van der Waals surface area contributed by atoms with Crippen LogP contribution >= 0.6 is 0 Å². The van der Waals surface area contributed by atoms with Crippen molar-refractivity contribution < 1.29 is 19.1 Å². The van der Waals surface area contributed by atoms with Crippen LogP contribution in [0.15, 0.2) is 59.0 Å². The molecule has 0 unspecified atom stereocenters. The maximum Gasteiger partial charge on any atom is 0.227 e. The molecule has 25 heavy (non-hydrogen) atoms. The highest BCUT2D eigenvalue weighted by Gasteiger charge is 2.39. The number of aliphatic hydroxyl groups is 1. The summed E-state index contributed by atoms with van der Waals surface area (Å²) >= 11 is 0. The smallest absolute Gasteiger partial charge is 0.227 e. The summed E-state index contributed by atoms with van der Waals surface area (Å²) in [4.78, 5) is 14.3. The number of piperidine rings is 1. The van der Waals surface area contributed by atoms with Crippen LogP contribution in [0.1, 0.15) is 24.6 Å². The standard InChI is InChI=1S/C20H19NO4/c1-24-15-8-6-14(7-9-15)21-19(23)11-10-16(22)20(21)18-12-13-4-2-3-5-17(13)25-18/h2-9,12,16,20,22H,10-11H2,1H3/t16-,20+/m0/s1. The summed E-state index contributed by atoms with van der Waals surface area (Å²) in [7, 11) is 1.60. The molecule has 0 radical (unpaired) electrons. The van der Waals surface area contributed by atoms with Crippen LogP contribution in [0.4, 0.5) is 5.69 Å². The van der Waals surface area contributed by atoms with Gasteiger partial charge in [-0.3, -0.25) is 9.69 Å². The second-order valence-corrected chi connectivity index (χ2v) is 6.20. The Hall–Kier alpha value is -2.79.